The summed E-state index contributed by atoms with van der Waals surface area (Å²) in [5.41, 5.74) is 2.46. The summed E-state index contributed by atoms with van der Waals surface area (Å²) < 4.78 is 2.18. The third kappa shape index (κ3) is 0.983. The molecule has 0 aliphatic heterocycles. The van der Waals surface area contributed by atoms with Crippen LogP contribution in [0.25, 0.3) is 5.52 Å². The molecule has 14 heavy (non-hydrogen) atoms. The highest BCUT2D eigenvalue weighted by atomic mass is 15.0. The summed E-state index contributed by atoms with van der Waals surface area (Å²) in [6, 6.07) is 0. The molecule has 1 aliphatic rings. The van der Waals surface area contributed by atoms with E-state index in [0.717, 1.165) is 11.2 Å². The second-order valence-electron chi connectivity index (χ2n) is 4.47. The Kier molecular flexibility index (Phi) is 1.34. The summed E-state index contributed by atoms with van der Waals surface area (Å²) in [6.07, 6.45) is 8.38. The zero-order valence-electron chi connectivity index (χ0n) is 8.49. The molecule has 2 aromatic rings. The van der Waals surface area contributed by atoms with Crippen LogP contribution >= 0.6 is 0 Å². The van der Waals surface area contributed by atoms with E-state index in [1.54, 1.807) is 0 Å². The zero-order valence-corrected chi connectivity index (χ0v) is 8.49. The average molecular weight is 187 g/mol. The number of rotatable bonds is 1. The fourth-order valence-corrected chi connectivity index (χ4v) is 1.85. The molecule has 0 aromatic carbocycles. The first-order valence-electron chi connectivity index (χ1n) is 4.99. The number of aryl methyl sites for hydroxylation is 1. The first kappa shape index (κ1) is 7.97. The van der Waals surface area contributed by atoms with Gasteiger partial charge in [0, 0.05) is 11.6 Å². The van der Waals surface area contributed by atoms with Crippen LogP contribution in [-0.4, -0.2) is 14.4 Å². The second kappa shape index (κ2) is 2.35. The lowest BCUT2D eigenvalue weighted by molar-refractivity contribution is 0.703. The third-order valence-corrected chi connectivity index (χ3v) is 3.08. The van der Waals surface area contributed by atoms with Crippen molar-refractivity contribution >= 4 is 5.52 Å². The lowest BCUT2D eigenvalue weighted by Gasteiger charge is -2.07. The van der Waals surface area contributed by atoms with E-state index >= 15 is 0 Å². The Morgan fingerprint density at radius 3 is 2.71 bits per heavy atom. The highest BCUT2D eigenvalue weighted by Gasteiger charge is 2.42. The maximum Gasteiger partial charge on any atom is 0.119 e. The Morgan fingerprint density at radius 2 is 2.00 bits per heavy atom. The smallest absolute Gasteiger partial charge is 0.119 e. The SMILES string of the molecule is Cc1cn2c(C3(C)CC3)ncc2cn1. The molecule has 3 heteroatoms. The largest absolute Gasteiger partial charge is 0.300 e. The van der Waals surface area contributed by atoms with Crippen LogP contribution in [0.15, 0.2) is 18.6 Å². The van der Waals surface area contributed by atoms with Gasteiger partial charge in [-0.2, -0.15) is 0 Å². The Morgan fingerprint density at radius 1 is 1.29 bits per heavy atom. The fraction of sp³-hybridized carbons (Fsp3) is 0.455. The van der Waals surface area contributed by atoms with Crippen LogP contribution in [0.3, 0.4) is 0 Å². The molecule has 72 valence electrons. The first-order chi connectivity index (χ1) is 6.69. The number of fused-ring (bicyclic) bond motifs is 1. The van der Waals surface area contributed by atoms with E-state index in [4.69, 9.17) is 0 Å². The van der Waals surface area contributed by atoms with Gasteiger partial charge < -0.3 is 0 Å². The Bertz CT molecular complexity index is 494. The van der Waals surface area contributed by atoms with Crippen molar-refractivity contribution in [3.63, 3.8) is 0 Å². The number of hydrogen-bond donors (Lipinski definition) is 0. The van der Waals surface area contributed by atoms with Gasteiger partial charge in [0.05, 0.1) is 23.6 Å². The minimum Gasteiger partial charge on any atom is -0.300 e. The summed E-state index contributed by atoms with van der Waals surface area (Å²) in [7, 11) is 0. The van der Waals surface area contributed by atoms with Crippen LogP contribution in [0, 0.1) is 6.92 Å². The van der Waals surface area contributed by atoms with E-state index < -0.39 is 0 Å². The Labute approximate surface area is 82.8 Å². The molecule has 0 N–H and O–H groups in total. The molecule has 0 atom stereocenters. The molecule has 0 unspecified atom stereocenters. The predicted molar refractivity (Wildman–Crippen MR) is 54.3 cm³/mol. The van der Waals surface area contributed by atoms with Crippen molar-refractivity contribution in [1.82, 2.24) is 14.4 Å². The predicted octanol–water partition coefficient (Wildman–Crippen LogP) is 2.09. The molecular weight excluding hydrogens is 174 g/mol. The van der Waals surface area contributed by atoms with Crippen molar-refractivity contribution in [2.75, 3.05) is 0 Å². The van der Waals surface area contributed by atoms with Gasteiger partial charge in [0.2, 0.25) is 0 Å². The van der Waals surface area contributed by atoms with Crippen LogP contribution in [0.4, 0.5) is 0 Å². The Balaban J connectivity index is 2.29. The maximum absolute atomic E-state index is 4.49. The van der Waals surface area contributed by atoms with Crippen LogP contribution in [0.5, 0.6) is 0 Å². The highest BCUT2D eigenvalue weighted by Crippen LogP contribution is 2.46. The van der Waals surface area contributed by atoms with Gasteiger partial charge in [-0.25, -0.2) is 4.98 Å². The van der Waals surface area contributed by atoms with E-state index in [1.807, 2.05) is 19.3 Å². The summed E-state index contributed by atoms with van der Waals surface area (Å²) in [5, 5.41) is 0. The third-order valence-electron chi connectivity index (χ3n) is 3.08. The molecule has 0 amide bonds. The standard InChI is InChI=1S/C11H13N3/c1-8-7-14-9(5-12-8)6-13-10(14)11(2)3-4-11/h5-7H,3-4H2,1-2H3. The molecule has 1 fully saturated rings. The molecule has 2 heterocycles. The van der Waals surface area contributed by atoms with E-state index in [0.29, 0.717) is 5.41 Å². The number of imidazole rings is 1. The van der Waals surface area contributed by atoms with Gasteiger partial charge in [-0.15, -0.1) is 0 Å². The number of aromatic nitrogens is 3. The second-order valence-corrected chi connectivity index (χ2v) is 4.47. The van der Waals surface area contributed by atoms with Crippen molar-refractivity contribution < 1.29 is 0 Å². The molecule has 3 nitrogen and oxygen atoms in total. The van der Waals surface area contributed by atoms with Gasteiger partial charge in [-0.3, -0.25) is 9.38 Å². The van der Waals surface area contributed by atoms with Gasteiger partial charge in [0.1, 0.15) is 5.82 Å². The van der Waals surface area contributed by atoms with E-state index in [2.05, 4.69) is 27.5 Å². The minimum atomic E-state index is 0.320. The highest BCUT2D eigenvalue weighted by molar-refractivity contribution is 5.45. The molecule has 0 saturated heterocycles. The van der Waals surface area contributed by atoms with Gasteiger partial charge in [-0.1, -0.05) is 6.92 Å². The summed E-state index contributed by atoms with van der Waals surface area (Å²) in [4.78, 5) is 8.76. The van der Waals surface area contributed by atoms with Crippen molar-refractivity contribution in [3.05, 3.63) is 30.1 Å². The molecule has 0 spiro atoms. The van der Waals surface area contributed by atoms with Gasteiger partial charge in [0.15, 0.2) is 0 Å². The first-order valence-corrected chi connectivity index (χ1v) is 4.99. The van der Waals surface area contributed by atoms with Gasteiger partial charge in [-0.05, 0) is 19.8 Å². The topological polar surface area (TPSA) is 30.2 Å². The summed E-state index contributed by atoms with van der Waals surface area (Å²) in [6.45, 7) is 4.29. The number of nitrogens with zero attached hydrogens (tertiary/aromatic N) is 3. The Hall–Kier alpha value is -1.38. The molecule has 0 bridgehead atoms. The molecular formula is C11H13N3. The monoisotopic (exact) mass is 187 g/mol. The maximum atomic E-state index is 4.49. The fourth-order valence-electron chi connectivity index (χ4n) is 1.85. The molecule has 1 aliphatic carbocycles. The summed E-state index contributed by atoms with van der Waals surface area (Å²) >= 11 is 0. The van der Waals surface area contributed by atoms with Crippen LogP contribution < -0.4 is 0 Å². The lowest BCUT2D eigenvalue weighted by atomic mass is 10.1. The van der Waals surface area contributed by atoms with E-state index in [-0.39, 0.29) is 0 Å². The van der Waals surface area contributed by atoms with Gasteiger partial charge in [0.25, 0.3) is 0 Å². The lowest BCUT2D eigenvalue weighted by Crippen LogP contribution is -2.06. The minimum absolute atomic E-state index is 0.320. The molecule has 1 saturated carbocycles. The summed E-state index contributed by atoms with van der Waals surface area (Å²) in [5.74, 6) is 1.19. The molecule has 3 rings (SSSR count). The quantitative estimate of drug-likeness (QED) is 0.684. The normalized spacial score (nSPS) is 18.7. The van der Waals surface area contributed by atoms with Crippen molar-refractivity contribution in [3.8, 4) is 0 Å². The van der Waals surface area contributed by atoms with Crippen molar-refractivity contribution in [2.24, 2.45) is 0 Å². The van der Waals surface area contributed by atoms with Crippen molar-refractivity contribution in [1.29, 1.82) is 0 Å². The molecule has 2 aromatic heterocycles. The van der Waals surface area contributed by atoms with Crippen molar-refractivity contribution in [2.45, 2.75) is 32.1 Å². The van der Waals surface area contributed by atoms with E-state index in [1.165, 1.54) is 18.7 Å². The van der Waals surface area contributed by atoms with Crippen LogP contribution in [0.1, 0.15) is 31.3 Å². The van der Waals surface area contributed by atoms with E-state index in [9.17, 15) is 0 Å². The van der Waals surface area contributed by atoms with Crippen LogP contribution in [-0.2, 0) is 5.41 Å². The average Bonchev–Trinajstić information content (AvgIpc) is 2.77. The molecule has 0 radical (unpaired) electrons. The van der Waals surface area contributed by atoms with Crippen LogP contribution in [0.2, 0.25) is 0 Å². The number of hydrogen-bond acceptors (Lipinski definition) is 2. The van der Waals surface area contributed by atoms with Gasteiger partial charge >= 0.3 is 0 Å². The zero-order chi connectivity index (χ0) is 9.76.